The second-order valence-corrected chi connectivity index (χ2v) is 6.12. The monoisotopic (exact) mass is 266 g/mol. The van der Waals surface area contributed by atoms with Crippen LogP contribution in [-0.4, -0.2) is 15.7 Å². The Morgan fingerprint density at radius 1 is 1.38 bits per heavy atom. The van der Waals surface area contributed by atoms with Crippen molar-refractivity contribution < 1.29 is 4.79 Å². The lowest BCUT2D eigenvalue weighted by molar-refractivity contribution is 0.111. The van der Waals surface area contributed by atoms with E-state index in [0.29, 0.717) is 5.69 Å². The number of imidazole rings is 1. The third-order valence-corrected chi connectivity index (χ3v) is 4.86. The molecule has 0 radical (unpaired) electrons. The number of hydrogen-bond acceptors (Lipinski definition) is 5. The quantitative estimate of drug-likeness (QED) is 0.681. The fourth-order valence-electron chi connectivity index (χ4n) is 1.38. The normalized spacial score (nSPS) is 11.0. The van der Waals surface area contributed by atoms with Gasteiger partial charge in [-0.1, -0.05) is 17.8 Å². The zero-order chi connectivity index (χ0) is 11.0. The number of rotatable bonds is 3. The molecule has 0 amide bonds. The fraction of sp³-hybridized carbons (Fsp3) is 0. The van der Waals surface area contributed by atoms with Crippen LogP contribution in [0.2, 0.25) is 0 Å². The highest BCUT2D eigenvalue weighted by molar-refractivity contribution is 8.01. The van der Waals surface area contributed by atoms with Crippen LogP contribution in [0.4, 0.5) is 0 Å². The Bertz CT molecular complexity index is 624. The summed E-state index contributed by atoms with van der Waals surface area (Å²) >= 11 is 4.72. The summed E-state index contributed by atoms with van der Waals surface area (Å²) in [6.07, 6.45) is 2.73. The summed E-state index contributed by atoms with van der Waals surface area (Å²) in [7, 11) is 0. The number of thiazole rings is 1. The Hall–Kier alpha value is -1.11. The molecule has 3 heterocycles. The minimum absolute atomic E-state index is 0.634. The van der Waals surface area contributed by atoms with Gasteiger partial charge in [0, 0.05) is 11.6 Å². The summed E-state index contributed by atoms with van der Waals surface area (Å²) in [5, 5.41) is 4.72. The van der Waals surface area contributed by atoms with Crippen molar-refractivity contribution in [3.05, 3.63) is 34.8 Å². The van der Waals surface area contributed by atoms with E-state index in [2.05, 4.69) is 4.98 Å². The SMILES string of the molecule is O=Cc1c(Sc2cccs2)nc2sccn12. The van der Waals surface area contributed by atoms with Crippen LogP contribution < -0.4 is 0 Å². The number of nitrogens with zero attached hydrogens (tertiary/aromatic N) is 2. The molecule has 16 heavy (non-hydrogen) atoms. The average Bonchev–Trinajstić information content (AvgIpc) is 2.93. The van der Waals surface area contributed by atoms with Crippen LogP contribution >= 0.6 is 34.4 Å². The molecule has 0 aliphatic heterocycles. The van der Waals surface area contributed by atoms with Crippen LogP contribution in [0.1, 0.15) is 10.5 Å². The van der Waals surface area contributed by atoms with Gasteiger partial charge >= 0.3 is 0 Å². The summed E-state index contributed by atoms with van der Waals surface area (Å²) < 4.78 is 2.97. The van der Waals surface area contributed by atoms with Gasteiger partial charge in [0.2, 0.25) is 0 Å². The van der Waals surface area contributed by atoms with Gasteiger partial charge in [-0.2, -0.15) is 0 Å². The van der Waals surface area contributed by atoms with Crippen molar-refractivity contribution >= 4 is 45.7 Å². The summed E-state index contributed by atoms with van der Waals surface area (Å²) in [4.78, 5) is 16.4. The number of carbonyl (C=O) groups is 1. The number of aromatic nitrogens is 2. The maximum atomic E-state index is 11.1. The Kier molecular flexibility index (Phi) is 2.55. The third kappa shape index (κ3) is 1.59. The van der Waals surface area contributed by atoms with Crippen molar-refractivity contribution in [1.29, 1.82) is 0 Å². The molecule has 0 spiro atoms. The smallest absolute Gasteiger partial charge is 0.195 e. The minimum Gasteiger partial charge on any atom is -0.296 e. The molecule has 0 aliphatic rings. The van der Waals surface area contributed by atoms with E-state index >= 15 is 0 Å². The average molecular weight is 266 g/mol. The third-order valence-electron chi connectivity index (χ3n) is 2.07. The van der Waals surface area contributed by atoms with Gasteiger partial charge in [0.15, 0.2) is 11.2 Å². The van der Waals surface area contributed by atoms with Crippen LogP contribution in [-0.2, 0) is 0 Å². The Labute approximate surface area is 104 Å². The van der Waals surface area contributed by atoms with E-state index in [1.807, 2.05) is 33.5 Å². The van der Waals surface area contributed by atoms with Crippen molar-refractivity contribution in [3.63, 3.8) is 0 Å². The zero-order valence-corrected chi connectivity index (χ0v) is 10.4. The summed E-state index contributed by atoms with van der Waals surface area (Å²) in [5.74, 6) is 0. The molecule has 0 N–H and O–H groups in total. The van der Waals surface area contributed by atoms with E-state index in [0.717, 1.165) is 20.5 Å². The van der Waals surface area contributed by atoms with Crippen molar-refractivity contribution in [2.75, 3.05) is 0 Å². The van der Waals surface area contributed by atoms with Gasteiger partial charge in [-0.3, -0.25) is 9.20 Å². The Morgan fingerprint density at radius 3 is 3.06 bits per heavy atom. The number of fused-ring (bicyclic) bond motifs is 1. The molecule has 0 fully saturated rings. The molecule has 0 saturated heterocycles. The molecule has 80 valence electrons. The molecule has 0 aromatic carbocycles. The molecule has 3 rings (SSSR count). The van der Waals surface area contributed by atoms with Crippen LogP contribution in [0.3, 0.4) is 0 Å². The summed E-state index contributed by atoms with van der Waals surface area (Å²) in [6.45, 7) is 0. The van der Waals surface area contributed by atoms with Gasteiger partial charge in [-0.15, -0.1) is 22.7 Å². The summed E-state index contributed by atoms with van der Waals surface area (Å²) in [6, 6.07) is 4.02. The van der Waals surface area contributed by atoms with Gasteiger partial charge in [0.25, 0.3) is 0 Å². The predicted octanol–water partition coefficient (Wildman–Crippen LogP) is 3.42. The lowest BCUT2D eigenvalue weighted by atomic mass is 10.5. The molecule has 0 atom stereocenters. The topological polar surface area (TPSA) is 34.4 Å². The van der Waals surface area contributed by atoms with Crippen LogP contribution in [0.25, 0.3) is 4.96 Å². The van der Waals surface area contributed by atoms with Gasteiger partial charge < -0.3 is 0 Å². The Morgan fingerprint density at radius 2 is 2.31 bits per heavy atom. The molecule has 0 saturated carbocycles. The zero-order valence-electron chi connectivity index (χ0n) is 7.99. The fourth-order valence-corrected chi connectivity index (χ4v) is 3.93. The summed E-state index contributed by atoms with van der Waals surface area (Å²) in [5.41, 5.74) is 0.634. The number of aldehydes is 1. The van der Waals surface area contributed by atoms with Crippen LogP contribution in [0.5, 0.6) is 0 Å². The lowest BCUT2D eigenvalue weighted by Gasteiger charge is -1.93. The van der Waals surface area contributed by atoms with Crippen molar-refractivity contribution in [3.8, 4) is 0 Å². The molecule has 0 aliphatic carbocycles. The first-order valence-electron chi connectivity index (χ1n) is 4.50. The van der Waals surface area contributed by atoms with E-state index in [4.69, 9.17) is 0 Å². The first kappa shape index (κ1) is 10.1. The molecular formula is C10H6N2OS3. The molecule has 3 aromatic heterocycles. The van der Waals surface area contributed by atoms with E-state index in [-0.39, 0.29) is 0 Å². The van der Waals surface area contributed by atoms with Gasteiger partial charge in [0.1, 0.15) is 10.7 Å². The molecule has 6 heteroatoms. The first-order valence-corrected chi connectivity index (χ1v) is 7.08. The second kappa shape index (κ2) is 4.04. The van der Waals surface area contributed by atoms with E-state index < -0.39 is 0 Å². The number of thiophene rings is 1. The van der Waals surface area contributed by atoms with Crippen LogP contribution in [0, 0.1) is 0 Å². The highest BCUT2D eigenvalue weighted by Gasteiger charge is 2.13. The molecule has 3 aromatic rings. The molecule has 0 bridgehead atoms. The van der Waals surface area contributed by atoms with Gasteiger partial charge in [-0.05, 0) is 11.4 Å². The largest absolute Gasteiger partial charge is 0.296 e. The van der Waals surface area contributed by atoms with Gasteiger partial charge in [0.05, 0.1) is 4.21 Å². The maximum absolute atomic E-state index is 11.1. The Balaban J connectivity index is 2.08. The predicted molar refractivity (Wildman–Crippen MR) is 66.9 cm³/mol. The second-order valence-electron chi connectivity index (χ2n) is 3.01. The standard InChI is InChI=1S/C10H6N2OS3/c13-6-7-9(16-8-2-1-4-14-8)11-10-12(7)3-5-15-10/h1-6H. The molecule has 3 nitrogen and oxygen atoms in total. The highest BCUT2D eigenvalue weighted by Crippen LogP contribution is 2.33. The number of hydrogen-bond donors (Lipinski definition) is 0. The first-order chi connectivity index (χ1) is 7.88. The lowest BCUT2D eigenvalue weighted by Crippen LogP contribution is -1.87. The maximum Gasteiger partial charge on any atom is 0.195 e. The van der Waals surface area contributed by atoms with Crippen LogP contribution in [0.15, 0.2) is 38.3 Å². The van der Waals surface area contributed by atoms with E-state index in [1.165, 1.54) is 23.1 Å². The molecular weight excluding hydrogens is 260 g/mol. The highest BCUT2D eigenvalue weighted by atomic mass is 32.2. The van der Waals surface area contributed by atoms with Crippen molar-refractivity contribution in [2.45, 2.75) is 9.24 Å². The van der Waals surface area contributed by atoms with Crippen molar-refractivity contribution in [2.24, 2.45) is 0 Å². The van der Waals surface area contributed by atoms with E-state index in [1.54, 1.807) is 11.3 Å². The number of carbonyl (C=O) groups excluding carboxylic acids is 1. The minimum atomic E-state index is 0.634. The van der Waals surface area contributed by atoms with E-state index in [9.17, 15) is 4.79 Å². The molecule has 0 unspecified atom stereocenters. The van der Waals surface area contributed by atoms with Crippen molar-refractivity contribution in [1.82, 2.24) is 9.38 Å². The van der Waals surface area contributed by atoms with Gasteiger partial charge in [-0.25, -0.2) is 4.98 Å².